The van der Waals surface area contributed by atoms with Gasteiger partial charge in [0.1, 0.15) is 4.90 Å². The highest BCUT2D eigenvalue weighted by molar-refractivity contribution is 7.99. The van der Waals surface area contributed by atoms with E-state index in [1.54, 1.807) is 25.7 Å². The quantitative estimate of drug-likeness (QED) is 0.723. The summed E-state index contributed by atoms with van der Waals surface area (Å²) in [5, 5.41) is 3.91. The molecule has 0 amide bonds. The van der Waals surface area contributed by atoms with Gasteiger partial charge >= 0.3 is 0 Å². The predicted octanol–water partition coefficient (Wildman–Crippen LogP) is 0.732. The largest absolute Gasteiger partial charge is 0.381 e. The molecule has 1 aromatic rings. The zero-order chi connectivity index (χ0) is 13.8. The van der Waals surface area contributed by atoms with Crippen molar-refractivity contribution in [2.75, 3.05) is 23.8 Å². The zero-order valence-corrected chi connectivity index (χ0v) is 12.6. The van der Waals surface area contributed by atoms with Gasteiger partial charge in [0.2, 0.25) is 10.0 Å². The van der Waals surface area contributed by atoms with Crippen LogP contribution in [0.25, 0.3) is 0 Å². The molecule has 0 saturated carbocycles. The van der Waals surface area contributed by atoms with Crippen LogP contribution in [0.3, 0.4) is 0 Å². The molecular weight excluding hydrogens is 272 g/mol. The summed E-state index contributed by atoms with van der Waals surface area (Å²) >= 11 is 1.79. The molecule has 0 aliphatic rings. The van der Waals surface area contributed by atoms with Gasteiger partial charge in [-0.25, -0.2) is 13.1 Å². The van der Waals surface area contributed by atoms with Crippen LogP contribution in [0.4, 0.5) is 5.82 Å². The summed E-state index contributed by atoms with van der Waals surface area (Å²) < 4.78 is 28.2. The minimum absolute atomic E-state index is 0.0467. The minimum Gasteiger partial charge on any atom is -0.381 e. The van der Waals surface area contributed by atoms with E-state index in [4.69, 9.17) is 5.73 Å². The minimum atomic E-state index is -3.56. The lowest BCUT2D eigenvalue weighted by Gasteiger charge is -2.06. The number of thioether (sulfide) groups is 1. The van der Waals surface area contributed by atoms with Crippen molar-refractivity contribution in [2.24, 2.45) is 7.05 Å². The third-order valence-corrected chi connectivity index (χ3v) is 5.15. The van der Waals surface area contributed by atoms with E-state index in [2.05, 4.69) is 16.7 Å². The predicted molar refractivity (Wildman–Crippen MR) is 75.2 cm³/mol. The topological polar surface area (TPSA) is 90.0 Å². The normalized spacial score (nSPS) is 11.9. The first-order valence-corrected chi connectivity index (χ1v) is 8.40. The average Bonchev–Trinajstić information content (AvgIpc) is 2.53. The van der Waals surface area contributed by atoms with Gasteiger partial charge in [-0.3, -0.25) is 4.68 Å². The van der Waals surface area contributed by atoms with Gasteiger partial charge in [0.15, 0.2) is 5.82 Å². The Morgan fingerprint density at radius 3 is 2.67 bits per heavy atom. The highest BCUT2D eigenvalue weighted by atomic mass is 32.2. The highest BCUT2D eigenvalue weighted by Gasteiger charge is 2.23. The first-order valence-electron chi connectivity index (χ1n) is 5.76. The van der Waals surface area contributed by atoms with Crippen LogP contribution in [-0.4, -0.2) is 36.2 Å². The van der Waals surface area contributed by atoms with Crippen LogP contribution in [0.15, 0.2) is 4.90 Å². The Labute approximate surface area is 112 Å². The fourth-order valence-corrected chi connectivity index (χ4v) is 3.58. The Balaban J connectivity index is 2.69. The molecule has 1 aromatic heterocycles. The summed E-state index contributed by atoms with van der Waals surface area (Å²) in [6.07, 6.45) is 0.803. The van der Waals surface area contributed by atoms with E-state index in [0.29, 0.717) is 12.2 Å². The van der Waals surface area contributed by atoms with Crippen LogP contribution < -0.4 is 10.5 Å². The number of anilines is 1. The number of nitrogens with two attached hydrogens (primary N) is 1. The molecule has 8 heteroatoms. The molecule has 18 heavy (non-hydrogen) atoms. The lowest BCUT2D eigenvalue weighted by atomic mass is 10.5. The van der Waals surface area contributed by atoms with Gasteiger partial charge in [-0.15, -0.1) is 0 Å². The van der Waals surface area contributed by atoms with Crippen molar-refractivity contribution in [3.63, 3.8) is 0 Å². The summed E-state index contributed by atoms with van der Waals surface area (Å²) in [6, 6.07) is 0. The van der Waals surface area contributed by atoms with Gasteiger partial charge in [0.25, 0.3) is 0 Å². The lowest BCUT2D eigenvalue weighted by molar-refractivity contribution is 0.580. The molecule has 0 bridgehead atoms. The third kappa shape index (κ3) is 3.63. The number of nitrogens with one attached hydrogen (secondary N) is 1. The van der Waals surface area contributed by atoms with Crippen molar-refractivity contribution in [3.05, 3.63) is 5.69 Å². The molecule has 0 aliphatic carbocycles. The molecule has 6 nitrogen and oxygen atoms in total. The van der Waals surface area contributed by atoms with E-state index in [-0.39, 0.29) is 10.7 Å². The van der Waals surface area contributed by atoms with Crippen molar-refractivity contribution >= 4 is 27.6 Å². The maximum absolute atomic E-state index is 12.1. The number of sulfonamides is 1. The second kappa shape index (κ2) is 6.44. The fraction of sp³-hybridized carbons (Fsp3) is 0.700. The summed E-state index contributed by atoms with van der Waals surface area (Å²) in [5.74, 6) is 2.03. The third-order valence-electron chi connectivity index (χ3n) is 2.53. The van der Waals surface area contributed by atoms with Crippen LogP contribution in [0.2, 0.25) is 0 Å². The van der Waals surface area contributed by atoms with Crippen molar-refractivity contribution in [1.82, 2.24) is 14.5 Å². The molecule has 0 atom stereocenters. The Morgan fingerprint density at radius 1 is 1.50 bits per heavy atom. The fourth-order valence-electron chi connectivity index (χ4n) is 1.54. The van der Waals surface area contributed by atoms with E-state index in [1.807, 2.05) is 0 Å². The van der Waals surface area contributed by atoms with Gasteiger partial charge in [0, 0.05) is 13.6 Å². The molecule has 0 saturated heterocycles. The van der Waals surface area contributed by atoms with Crippen molar-refractivity contribution < 1.29 is 8.42 Å². The molecule has 0 aromatic carbocycles. The highest BCUT2D eigenvalue weighted by Crippen LogP contribution is 2.20. The molecule has 0 aliphatic heterocycles. The van der Waals surface area contributed by atoms with Crippen LogP contribution in [0.1, 0.15) is 19.0 Å². The van der Waals surface area contributed by atoms with E-state index in [0.717, 1.165) is 17.9 Å². The Bertz CT molecular complexity index is 496. The van der Waals surface area contributed by atoms with Gasteiger partial charge < -0.3 is 5.73 Å². The van der Waals surface area contributed by atoms with Crippen molar-refractivity contribution in [2.45, 2.75) is 25.2 Å². The number of nitrogens with zero attached hydrogens (tertiary/aromatic N) is 2. The number of aromatic nitrogens is 2. The molecule has 0 radical (unpaired) electrons. The maximum Gasteiger partial charge on any atom is 0.246 e. The average molecular weight is 292 g/mol. The molecular formula is C10H20N4O2S2. The number of rotatable bonds is 7. The van der Waals surface area contributed by atoms with E-state index in [9.17, 15) is 8.42 Å². The van der Waals surface area contributed by atoms with E-state index in [1.165, 1.54) is 4.68 Å². The van der Waals surface area contributed by atoms with Crippen LogP contribution >= 0.6 is 11.8 Å². The van der Waals surface area contributed by atoms with E-state index < -0.39 is 10.0 Å². The Kier molecular flexibility index (Phi) is 5.48. The summed E-state index contributed by atoms with van der Waals surface area (Å²) in [6.45, 7) is 4.18. The molecule has 1 heterocycles. The maximum atomic E-state index is 12.1. The lowest BCUT2D eigenvalue weighted by Crippen LogP contribution is -2.26. The monoisotopic (exact) mass is 292 g/mol. The molecule has 1 rings (SSSR count). The SMILES string of the molecule is CCSCCCNS(=O)(=O)c1c(N)nn(C)c1C. The van der Waals surface area contributed by atoms with Gasteiger partial charge in [-0.1, -0.05) is 6.92 Å². The number of aryl methyl sites for hydroxylation is 1. The van der Waals surface area contributed by atoms with Crippen LogP contribution in [0.5, 0.6) is 0 Å². The standard InChI is InChI=1S/C10H20N4O2S2/c1-4-17-7-5-6-12-18(15,16)9-8(2)14(3)13-10(9)11/h12H,4-7H2,1-3H3,(H2,11,13). The number of hydrogen-bond donors (Lipinski definition) is 2. The second-order valence-corrected chi connectivity index (χ2v) is 6.97. The van der Waals surface area contributed by atoms with E-state index >= 15 is 0 Å². The van der Waals surface area contributed by atoms with Crippen LogP contribution in [-0.2, 0) is 17.1 Å². The number of hydrogen-bond acceptors (Lipinski definition) is 5. The zero-order valence-electron chi connectivity index (χ0n) is 10.9. The summed E-state index contributed by atoms with van der Waals surface area (Å²) in [5.41, 5.74) is 6.17. The van der Waals surface area contributed by atoms with Crippen molar-refractivity contribution in [3.8, 4) is 0 Å². The Hall–Kier alpha value is -0.730. The molecule has 104 valence electrons. The molecule has 0 fully saturated rings. The Morgan fingerprint density at radius 2 is 2.17 bits per heavy atom. The number of nitrogen functional groups attached to an aromatic ring is 1. The molecule has 0 spiro atoms. The molecule has 3 N–H and O–H groups in total. The summed E-state index contributed by atoms with van der Waals surface area (Å²) in [7, 11) is -1.89. The second-order valence-electron chi connectivity index (χ2n) is 3.87. The van der Waals surface area contributed by atoms with Crippen molar-refractivity contribution in [1.29, 1.82) is 0 Å². The van der Waals surface area contributed by atoms with Gasteiger partial charge in [-0.05, 0) is 24.9 Å². The molecule has 0 unspecified atom stereocenters. The van der Waals surface area contributed by atoms with Gasteiger partial charge in [-0.2, -0.15) is 16.9 Å². The van der Waals surface area contributed by atoms with Gasteiger partial charge in [0.05, 0.1) is 5.69 Å². The summed E-state index contributed by atoms with van der Waals surface area (Å²) in [4.78, 5) is 0.0909. The smallest absolute Gasteiger partial charge is 0.246 e. The first kappa shape index (κ1) is 15.3. The first-order chi connectivity index (χ1) is 8.40. The van der Waals surface area contributed by atoms with Crippen LogP contribution in [0, 0.1) is 6.92 Å².